The van der Waals surface area contributed by atoms with Gasteiger partial charge in [0.25, 0.3) is 0 Å². The zero-order valence-corrected chi connectivity index (χ0v) is 17.5. The van der Waals surface area contributed by atoms with E-state index in [0.717, 1.165) is 38.2 Å². The highest BCUT2D eigenvalue weighted by Gasteiger charge is 2.42. The van der Waals surface area contributed by atoms with Crippen LogP contribution in [0.3, 0.4) is 0 Å². The molecule has 2 N–H and O–H groups in total. The Morgan fingerprint density at radius 3 is 2.59 bits per heavy atom. The van der Waals surface area contributed by atoms with Crippen LogP contribution in [0.5, 0.6) is 0 Å². The summed E-state index contributed by atoms with van der Waals surface area (Å²) in [6, 6.07) is 9.59. The topological polar surface area (TPSA) is 52.6 Å². The monoisotopic (exact) mass is 394 g/mol. The van der Waals surface area contributed by atoms with Gasteiger partial charge in [0.2, 0.25) is 5.91 Å². The number of nitrogens with one attached hydrogen (secondary N) is 1. The molecule has 2 bridgehead atoms. The first kappa shape index (κ1) is 20.4. The highest BCUT2D eigenvalue weighted by atomic mass is 16.3. The molecule has 4 nitrogen and oxygen atoms in total. The number of allylic oxidation sites excluding steroid dienone is 2. The summed E-state index contributed by atoms with van der Waals surface area (Å²) in [5.74, 6) is 2.05. The smallest absolute Gasteiger partial charge is 0.229 e. The SMILES string of the molecule is CC1C=C(CN2CC3CCC(C2)C3CNC(=O)[C@H](CO)c2ccccc2)C=CC1. The Hall–Kier alpha value is -1.91. The van der Waals surface area contributed by atoms with Gasteiger partial charge in [0.1, 0.15) is 0 Å². The fourth-order valence-corrected chi connectivity index (χ4v) is 5.55. The lowest BCUT2D eigenvalue weighted by atomic mass is 9.84. The minimum atomic E-state index is -0.471. The van der Waals surface area contributed by atoms with Crippen LogP contribution < -0.4 is 5.32 Å². The van der Waals surface area contributed by atoms with Crippen molar-refractivity contribution in [1.29, 1.82) is 0 Å². The van der Waals surface area contributed by atoms with Crippen molar-refractivity contribution in [2.24, 2.45) is 23.7 Å². The van der Waals surface area contributed by atoms with Crippen molar-refractivity contribution < 1.29 is 9.90 Å². The van der Waals surface area contributed by atoms with Crippen LogP contribution in [0.25, 0.3) is 0 Å². The quantitative estimate of drug-likeness (QED) is 0.746. The van der Waals surface area contributed by atoms with E-state index in [0.29, 0.717) is 23.7 Å². The van der Waals surface area contributed by atoms with Crippen LogP contribution >= 0.6 is 0 Å². The summed E-state index contributed by atoms with van der Waals surface area (Å²) < 4.78 is 0. The molecule has 3 aliphatic rings. The van der Waals surface area contributed by atoms with E-state index in [1.54, 1.807) is 0 Å². The third-order valence-corrected chi connectivity index (χ3v) is 7.06. The molecule has 2 aliphatic carbocycles. The average molecular weight is 395 g/mol. The van der Waals surface area contributed by atoms with Gasteiger partial charge in [-0.3, -0.25) is 9.69 Å². The molecule has 1 aliphatic heterocycles. The number of likely N-dealkylation sites (tertiary alicyclic amines) is 1. The van der Waals surface area contributed by atoms with Gasteiger partial charge in [0, 0.05) is 26.2 Å². The molecule has 1 amide bonds. The number of nitrogens with zero attached hydrogens (tertiary/aromatic N) is 1. The molecule has 2 fully saturated rings. The van der Waals surface area contributed by atoms with E-state index in [1.165, 1.54) is 18.4 Å². The zero-order chi connectivity index (χ0) is 20.2. The molecule has 1 saturated heterocycles. The van der Waals surface area contributed by atoms with Crippen LogP contribution in [0.2, 0.25) is 0 Å². The third kappa shape index (κ3) is 4.81. The van der Waals surface area contributed by atoms with Crippen molar-refractivity contribution in [1.82, 2.24) is 10.2 Å². The summed E-state index contributed by atoms with van der Waals surface area (Å²) in [6.07, 6.45) is 10.7. The zero-order valence-electron chi connectivity index (χ0n) is 17.5. The largest absolute Gasteiger partial charge is 0.395 e. The molecule has 4 heteroatoms. The summed E-state index contributed by atoms with van der Waals surface area (Å²) in [4.78, 5) is 15.3. The van der Waals surface area contributed by atoms with E-state index in [4.69, 9.17) is 0 Å². The number of carbonyl (C=O) groups is 1. The van der Waals surface area contributed by atoms with Gasteiger partial charge in [-0.15, -0.1) is 0 Å². The van der Waals surface area contributed by atoms with Crippen molar-refractivity contribution in [2.75, 3.05) is 32.8 Å². The van der Waals surface area contributed by atoms with Crippen molar-refractivity contribution >= 4 is 5.91 Å². The normalized spacial score (nSPS) is 30.1. The summed E-state index contributed by atoms with van der Waals surface area (Å²) in [7, 11) is 0. The van der Waals surface area contributed by atoms with Crippen molar-refractivity contribution in [3.63, 3.8) is 0 Å². The second-order valence-electron chi connectivity index (χ2n) is 9.20. The Labute approximate surface area is 174 Å². The lowest BCUT2D eigenvalue weighted by Crippen LogP contribution is -2.47. The Kier molecular flexibility index (Phi) is 6.51. The summed E-state index contributed by atoms with van der Waals surface area (Å²) in [6.45, 7) is 6.22. The summed E-state index contributed by atoms with van der Waals surface area (Å²) in [5.41, 5.74) is 2.34. The number of aliphatic hydroxyl groups is 1. The predicted octanol–water partition coefficient (Wildman–Crippen LogP) is 3.36. The first-order valence-corrected chi connectivity index (χ1v) is 11.2. The Morgan fingerprint density at radius 1 is 1.21 bits per heavy atom. The molecule has 0 radical (unpaired) electrons. The first-order chi connectivity index (χ1) is 14.1. The van der Waals surface area contributed by atoms with E-state index in [1.807, 2.05) is 30.3 Å². The van der Waals surface area contributed by atoms with Crippen molar-refractivity contribution in [3.05, 3.63) is 59.7 Å². The highest BCUT2D eigenvalue weighted by molar-refractivity contribution is 5.83. The Bertz CT molecular complexity index is 743. The number of carbonyl (C=O) groups excluding carboxylic acids is 1. The molecule has 29 heavy (non-hydrogen) atoms. The van der Waals surface area contributed by atoms with Crippen LogP contribution in [-0.2, 0) is 4.79 Å². The molecule has 1 heterocycles. The molecular weight excluding hydrogens is 360 g/mol. The minimum absolute atomic E-state index is 0.0491. The van der Waals surface area contributed by atoms with E-state index < -0.39 is 5.92 Å². The maximum absolute atomic E-state index is 12.7. The maximum atomic E-state index is 12.7. The maximum Gasteiger partial charge on any atom is 0.229 e. The average Bonchev–Trinajstić information content (AvgIpc) is 2.96. The molecule has 1 aromatic carbocycles. The van der Waals surface area contributed by atoms with Gasteiger partial charge in [0.05, 0.1) is 12.5 Å². The third-order valence-electron chi connectivity index (χ3n) is 7.06. The molecule has 4 atom stereocenters. The first-order valence-electron chi connectivity index (χ1n) is 11.2. The fraction of sp³-hybridized carbons (Fsp3) is 0.560. The number of hydrogen-bond acceptors (Lipinski definition) is 3. The van der Waals surface area contributed by atoms with Crippen LogP contribution in [-0.4, -0.2) is 48.7 Å². The number of benzene rings is 1. The van der Waals surface area contributed by atoms with Crippen LogP contribution in [0.4, 0.5) is 0 Å². The Balaban J connectivity index is 1.31. The predicted molar refractivity (Wildman–Crippen MR) is 116 cm³/mol. The minimum Gasteiger partial charge on any atom is -0.395 e. The lowest BCUT2D eigenvalue weighted by molar-refractivity contribution is -0.123. The van der Waals surface area contributed by atoms with Crippen LogP contribution in [0.1, 0.15) is 37.7 Å². The number of rotatable bonds is 7. The second kappa shape index (κ2) is 9.27. The van der Waals surface area contributed by atoms with Crippen LogP contribution in [0, 0.1) is 23.7 Å². The van der Waals surface area contributed by atoms with Gasteiger partial charge in [-0.25, -0.2) is 0 Å². The lowest BCUT2D eigenvalue weighted by Gasteiger charge is -2.38. The van der Waals surface area contributed by atoms with Crippen LogP contribution in [0.15, 0.2) is 54.1 Å². The van der Waals surface area contributed by atoms with Gasteiger partial charge < -0.3 is 10.4 Å². The molecular formula is C25H34N2O2. The molecule has 1 saturated carbocycles. The van der Waals surface area contributed by atoms with Crippen molar-refractivity contribution in [3.8, 4) is 0 Å². The number of aliphatic hydroxyl groups excluding tert-OH is 1. The molecule has 1 aromatic rings. The molecule has 3 unspecified atom stereocenters. The number of hydrogen-bond donors (Lipinski definition) is 2. The molecule has 0 spiro atoms. The van der Waals surface area contributed by atoms with E-state index >= 15 is 0 Å². The summed E-state index contributed by atoms with van der Waals surface area (Å²) in [5, 5.41) is 12.9. The van der Waals surface area contributed by atoms with E-state index in [-0.39, 0.29) is 12.5 Å². The summed E-state index contributed by atoms with van der Waals surface area (Å²) >= 11 is 0. The van der Waals surface area contributed by atoms with Gasteiger partial charge in [0.15, 0.2) is 0 Å². The van der Waals surface area contributed by atoms with Gasteiger partial charge in [-0.2, -0.15) is 0 Å². The fourth-order valence-electron chi connectivity index (χ4n) is 5.55. The van der Waals surface area contributed by atoms with Crippen molar-refractivity contribution in [2.45, 2.75) is 32.1 Å². The van der Waals surface area contributed by atoms with E-state index in [2.05, 4.69) is 35.4 Å². The molecule has 0 aromatic heterocycles. The second-order valence-corrected chi connectivity index (χ2v) is 9.20. The molecule has 4 rings (SSSR count). The highest BCUT2D eigenvalue weighted by Crippen LogP contribution is 2.42. The standard InChI is InChI=1S/C25H34N2O2/c1-18-6-5-7-19(12-18)14-27-15-21-10-11-22(16-27)23(21)13-26-25(29)24(17-28)20-8-3-2-4-9-20/h2-5,7-9,12,18,21-24,28H,6,10-11,13-17H2,1H3,(H,26,29)/t18?,21?,22?,23?,24-/m1/s1. The number of fused-ring (bicyclic) bond motifs is 2. The van der Waals surface area contributed by atoms with E-state index in [9.17, 15) is 9.90 Å². The number of piperidine rings is 1. The van der Waals surface area contributed by atoms with Gasteiger partial charge in [-0.1, -0.05) is 55.5 Å². The number of amides is 1. The van der Waals surface area contributed by atoms with Gasteiger partial charge in [-0.05, 0) is 54.1 Å². The Morgan fingerprint density at radius 2 is 1.93 bits per heavy atom. The van der Waals surface area contributed by atoms with Gasteiger partial charge >= 0.3 is 0 Å². The molecule has 156 valence electrons.